The summed E-state index contributed by atoms with van der Waals surface area (Å²) in [6.07, 6.45) is 9.61. The summed E-state index contributed by atoms with van der Waals surface area (Å²) in [5, 5.41) is 0. The number of rotatable bonds is 6. The lowest BCUT2D eigenvalue weighted by Gasteiger charge is -2.38. The van der Waals surface area contributed by atoms with Crippen molar-refractivity contribution in [2.75, 3.05) is 6.54 Å². The Morgan fingerprint density at radius 2 is 1.86 bits per heavy atom. The molecule has 186 valence electrons. The second-order valence-corrected chi connectivity index (χ2v) is 9.89. The van der Waals surface area contributed by atoms with Gasteiger partial charge in [0.1, 0.15) is 5.82 Å². The Kier molecular flexibility index (Phi) is 6.43. The van der Waals surface area contributed by atoms with Crippen molar-refractivity contribution in [1.29, 1.82) is 0 Å². The van der Waals surface area contributed by atoms with Gasteiger partial charge in [-0.2, -0.15) is 0 Å². The second-order valence-electron chi connectivity index (χ2n) is 9.89. The van der Waals surface area contributed by atoms with E-state index in [1.54, 1.807) is 30.7 Å². The van der Waals surface area contributed by atoms with Crippen LogP contribution in [0.5, 0.6) is 0 Å². The van der Waals surface area contributed by atoms with E-state index in [0.717, 1.165) is 41.8 Å². The molecule has 2 aliphatic rings. The van der Waals surface area contributed by atoms with E-state index in [0.29, 0.717) is 6.54 Å². The topological polar surface area (TPSA) is 88.4 Å². The number of carbonyl (C=O) groups excluding carboxylic acids is 3. The summed E-state index contributed by atoms with van der Waals surface area (Å²) in [6.45, 7) is 2.72. The summed E-state index contributed by atoms with van der Waals surface area (Å²) < 4.78 is 1.95. The minimum Gasteiger partial charge on any atom is -0.336 e. The van der Waals surface area contributed by atoms with Gasteiger partial charge in [-0.25, -0.2) is 4.98 Å². The molecule has 0 radical (unpaired) electrons. The number of aryl methyl sites for hydroxylation is 2. The molecule has 2 fully saturated rings. The van der Waals surface area contributed by atoms with E-state index in [1.165, 1.54) is 4.90 Å². The fourth-order valence-corrected chi connectivity index (χ4v) is 5.74. The van der Waals surface area contributed by atoms with Crippen molar-refractivity contribution in [2.24, 2.45) is 7.05 Å². The van der Waals surface area contributed by atoms with Crippen molar-refractivity contribution in [3.05, 3.63) is 83.7 Å². The highest BCUT2D eigenvalue weighted by Gasteiger charge is 2.55. The molecule has 0 saturated carbocycles. The molecule has 2 aliphatic heterocycles. The zero-order valence-electron chi connectivity index (χ0n) is 20.8. The highest BCUT2D eigenvalue weighted by atomic mass is 16.2. The summed E-state index contributed by atoms with van der Waals surface area (Å²) in [4.78, 5) is 53.1. The number of piperidine rings is 1. The van der Waals surface area contributed by atoms with Crippen LogP contribution in [-0.2, 0) is 33.4 Å². The number of hydrogen-bond acceptors (Lipinski definition) is 5. The molecule has 0 N–H and O–H groups in total. The van der Waals surface area contributed by atoms with Gasteiger partial charge in [-0.3, -0.25) is 24.3 Å². The van der Waals surface area contributed by atoms with E-state index in [-0.39, 0.29) is 43.1 Å². The first-order valence-corrected chi connectivity index (χ1v) is 12.5. The van der Waals surface area contributed by atoms with Crippen LogP contribution in [0.15, 0.2) is 61.2 Å². The Morgan fingerprint density at radius 1 is 1.08 bits per heavy atom. The molecular formula is C28H31N5O3. The van der Waals surface area contributed by atoms with Crippen molar-refractivity contribution in [1.82, 2.24) is 24.3 Å². The molecule has 8 heteroatoms. The molecule has 5 rings (SSSR count). The number of imidazole rings is 1. The predicted molar refractivity (Wildman–Crippen MR) is 133 cm³/mol. The van der Waals surface area contributed by atoms with Crippen molar-refractivity contribution >= 4 is 17.7 Å². The van der Waals surface area contributed by atoms with E-state index in [2.05, 4.69) is 9.97 Å². The first-order valence-electron chi connectivity index (χ1n) is 12.5. The van der Waals surface area contributed by atoms with Gasteiger partial charge < -0.3 is 9.47 Å². The van der Waals surface area contributed by atoms with E-state index < -0.39 is 5.41 Å². The Morgan fingerprint density at radius 3 is 2.58 bits per heavy atom. The minimum atomic E-state index is -1.23. The summed E-state index contributed by atoms with van der Waals surface area (Å²) in [7, 11) is 1.94. The lowest BCUT2D eigenvalue weighted by atomic mass is 9.73. The highest BCUT2D eigenvalue weighted by Crippen LogP contribution is 2.43. The van der Waals surface area contributed by atoms with Gasteiger partial charge in [0.05, 0.1) is 18.0 Å². The van der Waals surface area contributed by atoms with Gasteiger partial charge in [0, 0.05) is 51.2 Å². The number of aromatic nitrogens is 3. The van der Waals surface area contributed by atoms with Gasteiger partial charge in [-0.1, -0.05) is 24.3 Å². The third kappa shape index (κ3) is 4.21. The van der Waals surface area contributed by atoms with Gasteiger partial charge in [-0.15, -0.1) is 0 Å². The van der Waals surface area contributed by atoms with Gasteiger partial charge in [0.15, 0.2) is 0 Å². The molecule has 2 saturated heterocycles. The molecule has 1 aromatic carbocycles. The molecule has 0 spiro atoms. The number of imide groups is 1. The maximum atomic E-state index is 14.1. The van der Waals surface area contributed by atoms with Gasteiger partial charge in [0.25, 0.3) is 0 Å². The third-order valence-electron chi connectivity index (χ3n) is 7.59. The monoisotopic (exact) mass is 485 g/mol. The highest BCUT2D eigenvalue weighted by molar-refractivity contribution is 6.10. The fourth-order valence-electron chi connectivity index (χ4n) is 5.74. The zero-order valence-corrected chi connectivity index (χ0v) is 20.8. The van der Waals surface area contributed by atoms with Crippen LogP contribution in [0.1, 0.15) is 60.7 Å². The number of carbonyl (C=O) groups is 3. The molecular weight excluding hydrogens is 454 g/mol. The van der Waals surface area contributed by atoms with Crippen LogP contribution in [0, 0.1) is 6.92 Å². The fraction of sp³-hybridized carbons (Fsp3) is 0.393. The van der Waals surface area contributed by atoms with Crippen LogP contribution in [0.3, 0.4) is 0 Å². The normalized spacial score (nSPS) is 22.3. The minimum absolute atomic E-state index is 0.0194. The van der Waals surface area contributed by atoms with Crippen LogP contribution >= 0.6 is 0 Å². The first-order chi connectivity index (χ1) is 17.4. The number of nitrogens with zero attached hydrogens (tertiary/aromatic N) is 5. The van der Waals surface area contributed by atoms with Crippen LogP contribution in [0.4, 0.5) is 0 Å². The molecule has 0 aliphatic carbocycles. The van der Waals surface area contributed by atoms with E-state index in [1.807, 2.05) is 53.9 Å². The summed E-state index contributed by atoms with van der Waals surface area (Å²) >= 11 is 0. The van der Waals surface area contributed by atoms with Crippen LogP contribution in [0.2, 0.25) is 0 Å². The average Bonchev–Trinajstić information content (AvgIpc) is 3.41. The first kappa shape index (κ1) is 23.9. The summed E-state index contributed by atoms with van der Waals surface area (Å²) in [5.74, 6) is 0.170. The smallest absolute Gasteiger partial charge is 0.241 e. The van der Waals surface area contributed by atoms with Crippen molar-refractivity contribution in [3.8, 4) is 0 Å². The number of likely N-dealkylation sites (tertiary alicyclic amines) is 2. The number of hydrogen-bond donors (Lipinski definition) is 0. The molecule has 8 nitrogen and oxygen atoms in total. The Labute approximate surface area is 211 Å². The van der Waals surface area contributed by atoms with Crippen LogP contribution < -0.4 is 0 Å². The average molecular weight is 486 g/mol. The van der Waals surface area contributed by atoms with Gasteiger partial charge >= 0.3 is 0 Å². The molecule has 0 unspecified atom stereocenters. The van der Waals surface area contributed by atoms with Crippen molar-refractivity contribution in [3.63, 3.8) is 0 Å². The Bertz CT molecular complexity index is 1290. The number of amides is 3. The van der Waals surface area contributed by atoms with E-state index >= 15 is 0 Å². The van der Waals surface area contributed by atoms with Crippen LogP contribution in [0.25, 0.3) is 0 Å². The van der Waals surface area contributed by atoms with E-state index in [4.69, 9.17) is 0 Å². The zero-order chi connectivity index (χ0) is 25.3. The van der Waals surface area contributed by atoms with Gasteiger partial charge in [0.2, 0.25) is 17.7 Å². The molecule has 2 atom stereocenters. The van der Waals surface area contributed by atoms with Crippen LogP contribution in [-0.4, -0.2) is 48.6 Å². The lowest BCUT2D eigenvalue weighted by Crippen LogP contribution is -2.46. The summed E-state index contributed by atoms with van der Waals surface area (Å²) in [6, 6.07) is 11.1. The summed E-state index contributed by atoms with van der Waals surface area (Å²) in [5.41, 5.74) is 1.25. The molecule has 36 heavy (non-hydrogen) atoms. The lowest BCUT2D eigenvalue weighted by molar-refractivity contribution is -0.144. The number of benzene rings is 1. The molecule has 3 amide bonds. The predicted octanol–water partition coefficient (Wildman–Crippen LogP) is 3.46. The largest absolute Gasteiger partial charge is 0.336 e. The maximum Gasteiger partial charge on any atom is 0.241 e. The SMILES string of the molecule is Cc1ccccc1[C@@]1(CC(=O)N2CCCC[C@H]2c2nccn2C)CC(=O)N(Cc2ccncc2)C1=O. The van der Waals surface area contributed by atoms with Gasteiger partial charge in [-0.05, 0) is 55.0 Å². The van der Waals surface area contributed by atoms with E-state index in [9.17, 15) is 14.4 Å². The Balaban J connectivity index is 1.50. The van der Waals surface area contributed by atoms with Crippen molar-refractivity contribution in [2.45, 2.75) is 57.0 Å². The Hall–Kier alpha value is -3.81. The number of pyridine rings is 1. The standard InChI is InChI=1S/C28H31N5O3/c1-20-7-3-4-8-22(20)28(18-25(35)33(27(28)36)19-21-10-12-29-13-11-21)17-24(34)32-15-6-5-9-23(32)26-30-14-16-31(26)2/h3-4,7-8,10-14,16,23H,5-6,9,15,17-19H2,1-2H3/t23-,28+/m0/s1. The molecule has 2 aromatic heterocycles. The quantitative estimate of drug-likeness (QED) is 0.499. The third-order valence-corrected chi connectivity index (χ3v) is 7.59. The molecule has 3 aromatic rings. The molecule has 0 bridgehead atoms. The maximum absolute atomic E-state index is 14.1. The second kappa shape index (κ2) is 9.68. The molecule has 4 heterocycles. The van der Waals surface area contributed by atoms with Crippen molar-refractivity contribution < 1.29 is 14.4 Å².